The Bertz CT molecular complexity index is 474. The molecule has 118 valence electrons. The van der Waals surface area contributed by atoms with E-state index in [1.807, 2.05) is 6.07 Å². The molecule has 0 radical (unpaired) electrons. The highest BCUT2D eigenvalue weighted by atomic mass is 35.5. The Hall–Kier alpha value is -0.640. The van der Waals surface area contributed by atoms with Crippen molar-refractivity contribution in [2.75, 3.05) is 13.1 Å². The van der Waals surface area contributed by atoms with Gasteiger partial charge in [0.25, 0.3) is 0 Å². The third-order valence-electron chi connectivity index (χ3n) is 5.03. The SMILES string of the molecule is CCC(C)(C(N)Cc1ccc(Cl)c(F)c1)N1CCCCC1. The van der Waals surface area contributed by atoms with E-state index >= 15 is 0 Å². The quantitative estimate of drug-likeness (QED) is 0.890. The van der Waals surface area contributed by atoms with Crippen molar-refractivity contribution < 1.29 is 4.39 Å². The van der Waals surface area contributed by atoms with Gasteiger partial charge in [0.1, 0.15) is 5.82 Å². The fourth-order valence-corrected chi connectivity index (χ4v) is 3.38. The minimum atomic E-state index is -0.363. The van der Waals surface area contributed by atoms with E-state index in [-0.39, 0.29) is 22.4 Å². The van der Waals surface area contributed by atoms with Crippen LogP contribution >= 0.6 is 11.6 Å². The molecule has 1 aliphatic rings. The maximum absolute atomic E-state index is 13.6. The molecule has 0 saturated carbocycles. The van der Waals surface area contributed by atoms with Crippen molar-refractivity contribution in [3.05, 3.63) is 34.6 Å². The minimum absolute atomic E-state index is 0.0128. The van der Waals surface area contributed by atoms with Crippen molar-refractivity contribution in [3.63, 3.8) is 0 Å². The van der Waals surface area contributed by atoms with Gasteiger partial charge < -0.3 is 5.73 Å². The standard InChI is InChI=1S/C17H26ClFN2/c1-3-17(2,21-9-5-4-6-10-21)16(20)12-13-7-8-14(18)15(19)11-13/h7-8,11,16H,3-6,9-10,12,20H2,1-2H3. The van der Waals surface area contributed by atoms with E-state index in [0.717, 1.165) is 25.1 Å². The molecule has 1 saturated heterocycles. The van der Waals surface area contributed by atoms with Crippen molar-refractivity contribution >= 4 is 11.6 Å². The molecule has 21 heavy (non-hydrogen) atoms. The second kappa shape index (κ2) is 7.08. The molecule has 1 aromatic carbocycles. The van der Waals surface area contributed by atoms with Crippen LogP contribution in [0.2, 0.25) is 5.02 Å². The van der Waals surface area contributed by atoms with Gasteiger partial charge in [-0.05, 0) is 63.4 Å². The van der Waals surface area contributed by atoms with Gasteiger partial charge in [-0.15, -0.1) is 0 Å². The predicted octanol–water partition coefficient (Wildman–Crippen LogP) is 4.00. The zero-order valence-electron chi connectivity index (χ0n) is 13.0. The van der Waals surface area contributed by atoms with Crippen LogP contribution in [0.3, 0.4) is 0 Å². The average molecular weight is 313 g/mol. The lowest BCUT2D eigenvalue weighted by Crippen LogP contribution is -2.59. The molecule has 0 aromatic heterocycles. The summed E-state index contributed by atoms with van der Waals surface area (Å²) in [5, 5.41) is 0.168. The fourth-order valence-electron chi connectivity index (χ4n) is 3.27. The summed E-state index contributed by atoms with van der Waals surface area (Å²) in [7, 11) is 0. The van der Waals surface area contributed by atoms with Gasteiger partial charge in [-0.1, -0.05) is 31.0 Å². The highest BCUT2D eigenvalue weighted by Gasteiger charge is 2.36. The molecular weight excluding hydrogens is 287 g/mol. The predicted molar refractivity (Wildman–Crippen MR) is 87.2 cm³/mol. The first kappa shape index (κ1) is 16.7. The Labute approximate surface area is 132 Å². The summed E-state index contributed by atoms with van der Waals surface area (Å²) in [6, 6.07) is 4.98. The van der Waals surface area contributed by atoms with Crippen molar-refractivity contribution in [1.29, 1.82) is 0 Å². The zero-order valence-corrected chi connectivity index (χ0v) is 13.8. The highest BCUT2D eigenvalue weighted by molar-refractivity contribution is 6.30. The number of nitrogens with two attached hydrogens (primary N) is 1. The van der Waals surface area contributed by atoms with E-state index in [1.54, 1.807) is 6.07 Å². The summed E-state index contributed by atoms with van der Waals surface area (Å²) >= 11 is 5.74. The smallest absolute Gasteiger partial charge is 0.142 e. The van der Waals surface area contributed by atoms with Crippen molar-refractivity contribution in [3.8, 4) is 0 Å². The number of benzene rings is 1. The normalized spacial score (nSPS) is 21.0. The lowest BCUT2D eigenvalue weighted by Gasteiger charge is -2.47. The molecule has 2 nitrogen and oxygen atoms in total. The Morgan fingerprint density at radius 2 is 2.00 bits per heavy atom. The van der Waals surface area contributed by atoms with Crippen LogP contribution in [0, 0.1) is 5.82 Å². The molecular formula is C17H26ClFN2. The van der Waals surface area contributed by atoms with Crippen LogP contribution < -0.4 is 5.73 Å². The molecule has 0 bridgehead atoms. The molecule has 0 aliphatic carbocycles. The Morgan fingerprint density at radius 1 is 1.33 bits per heavy atom. The summed E-state index contributed by atoms with van der Waals surface area (Å²) in [5.41, 5.74) is 7.40. The molecule has 1 fully saturated rings. The van der Waals surface area contributed by atoms with Crippen molar-refractivity contribution in [2.45, 2.75) is 57.5 Å². The number of hydrogen-bond donors (Lipinski definition) is 1. The number of hydrogen-bond acceptors (Lipinski definition) is 2. The van der Waals surface area contributed by atoms with Gasteiger partial charge >= 0.3 is 0 Å². The van der Waals surface area contributed by atoms with Crippen LogP contribution in [0.1, 0.15) is 45.1 Å². The largest absolute Gasteiger partial charge is 0.326 e. The van der Waals surface area contributed by atoms with Crippen LogP contribution in [0.4, 0.5) is 4.39 Å². The van der Waals surface area contributed by atoms with Crippen LogP contribution in [-0.4, -0.2) is 29.6 Å². The molecule has 0 amide bonds. The summed E-state index contributed by atoms with van der Waals surface area (Å²) < 4.78 is 13.6. The van der Waals surface area contributed by atoms with E-state index in [2.05, 4.69) is 18.7 Å². The van der Waals surface area contributed by atoms with Crippen LogP contribution in [0.5, 0.6) is 0 Å². The van der Waals surface area contributed by atoms with Gasteiger partial charge in [0.15, 0.2) is 0 Å². The van der Waals surface area contributed by atoms with E-state index in [9.17, 15) is 4.39 Å². The molecule has 2 atom stereocenters. The Morgan fingerprint density at radius 3 is 2.57 bits per heavy atom. The van der Waals surface area contributed by atoms with Crippen molar-refractivity contribution in [1.82, 2.24) is 4.90 Å². The molecule has 4 heteroatoms. The number of nitrogens with zero attached hydrogens (tertiary/aromatic N) is 1. The van der Waals surface area contributed by atoms with E-state index < -0.39 is 0 Å². The lowest BCUT2D eigenvalue weighted by atomic mass is 9.83. The van der Waals surface area contributed by atoms with E-state index in [4.69, 9.17) is 17.3 Å². The summed E-state index contributed by atoms with van der Waals surface area (Å²) in [4.78, 5) is 2.52. The van der Waals surface area contributed by atoms with Gasteiger partial charge in [-0.2, -0.15) is 0 Å². The van der Waals surface area contributed by atoms with Crippen LogP contribution in [-0.2, 0) is 6.42 Å². The van der Waals surface area contributed by atoms with Gasteiger partial charge in [-0.3, -0.25) is 4.90 Å². The summed E-state index contributed by atoms with van der Waals surface area (Å²) in [6.45, 7) is 6.67. The van der Waals surface area contributed by atoms with Gasteiger partial charge in [0.05, 0.1) is 5.02 Å². The summed E-state index contributed by atoms with van der Waals surface area (Å²) in [5.74, 6) is -0.363. The van der Waals surface area contributed by atoms with Gasteiger partial charge in [-0.25, -0.2) is 4.39 Å². The molecule has 1 aliphatic heterocycles. The fraction of sp³-hybridized carbons (Fsp3) is 0.647. The van der Waals surface area contributed by atoms with Gasteiger partial charge in [0.2, 0.25) is 0 Å². The molecule has 1 aromatic rings. The second-order valence-electron chi connectivity index (χ2n) is 6.32. The monoisotopic (exact) mass is 312 g/mol. The molecule has 2 rings (SSSR count). The number of likely N-dealkylation sites (tertiary alicyclic amines) is 1. The van der Waals surface area contributed by atoms with E-state index in [0.29, 0.717) is 6.42 Å². The molecule has 2 N–H and O–H groups in total. The molecule has 2 unspecified atom stereocenters. The summed E-state index contributed by atoms with van der Waals surface area (Å²) in [6.07, 6.45) is 5.49. The maximum atomic E-state index is 13.6. The van der Waals surface area contributed by atoms with E-state index in [1.165, 1.54) is 25.3 Å². The number of piperidine rings is 1. The average Bonchev–Trinajstić information content (AvgIpc) is 2.51. The Balaban J connectivity index is 2.11. The topological polar surface area (TPSA) is 29.3 Å². The lowest BCUT2D eigenvalue weighted by molar-refractivity contribution is 0.0546. The zero-order chi connectivity index (χ0) is 15.5. The van der Waals surface area contributed by atoms with Crippen molar-refractivity contribution in [2.24, 2.45) is 5.73 Å². The number of rotatable bonds is 5. The Kier molecular flexibility index (Phi) is 5.64. The first-order valence-electron chi connectivity index (χ1n) is 7.92. The minimum Gasteiger partial charge on any atom is -0.326 e. The van der Waals surface area contributed by atoms with Gasteiger partial charge in [0, 0.05) is 11.6 Å². The number of halogens is 2. The highest BCUT2D eigenvalue weighted by Crippen LogP contribution is 2.28. The maximum Gasteiger partial charge on any atom is 0.142 e. The first-order valence-corrected chi connectivity index (χ1v) is 8.29. The van der Waals surface area contributed by atoms with Crippen LogP contribution in [0.25, 0.3) is 0 Å². The third-order valence-corrected chi connectivity index (χ3v) is 5.34. The third kappa shape index (κ3) is 3.77. The first-order chi connectivity index (χ1) is 9.97. The second-order valence-corrected chi connectivity index (χ2v) is 6.72. The van der Waals surface area contributed by atoms with Crippen LogP contribution in [0.15, 0.2) is 18.2 Å². The molecule has 0 spiro atoms. The molecule has 1 heterocycles.